The molecule has 0 radical (unpaired) electrons. The molecule has 0 aromatic rings. The summed E-state index contributed by atoms with van der Waals surface area (Å²) in [5, 5.41) is 0. The molecule has 0 heterocycles. The van der Waals surface area contributed by atoms with Crippen LogP contribution in [0.25, 0.3) is 0 Å². The lowest BCUT2D eigenvalue weighted by Crippen LogP contribution is -2.19. The van der Waals surface area contributed by atoms with Gasteiger partial charge in [0.15, 0.2) is 0 Å². The Balaban J connectivity index is 4.05. The van der Waals surface area contributed by atoms with E-state index in [9.17, 15) is 4.79 Å². The molecule has 64 valence electrons. The minimum Gasteiger partial charge on any atom is -0.345 e. The van der Waals surface area contributed by atoms with Gasteiger partial charge in [0.2, 0.25) is 5.91 Å². The van der Waals surface area contributed by atoms with Crippen molar-refractivity contribution in [1.82, 2.24) is 4.90 Å². The number of likely N-dealkylation sites (N-methyl/N-ethyl adjacent to an activating group) is 1. The van der Waals surface area contributed by atoms with Gasteiger partial charge in [-0.1, -0.05) is 26.8 Å². The van der Waals surface area contributed by atoms with Gasteiger partial charge in [-0.3, -0.25) is 4.79 Å². The summed E-state index contributed by atoms with van der Waals surface area (Å²) in [6, 6.07) is 0. The number of amides is 1. The maximum Gasteiger partial charge on any atom is 0.245 e. The largest absolute Gasteiger partial charge is 0.345 e. The van der Waals surface area contributed by atoms with Crippen molar-refractivity contribution in [2.75, 3.05) is 14.1 Å². The average Bonchev–Trinajstić information content (AvgIpc) is 1.80. The van der Waals surface area contributed by atoms with Crippen LogP contribution >= 0.6 is 0 Å². The molecule has 2 heteroatoms. The molecule has 0 N–H and O–H groups in total. The van der Waals surface area contributed by atoms with Crippen molar-refractivity contribution in [3.05, 3.63) is 12.2 Å². The van der Waals surface area contributed by atoms with Gasteiger partial charge < -0.3 is 4.90 Å². The summed E-state index contributed by atoms with van der Waals surface area (Å²) in [7, 11) is 3.49. The van der Waals surface area contributed by atoms with Crippen LogP contribution in [0.3, 0.4) is 0 Å². The van der Waals surface area contributed by atoms with Crippen molar-refractivity contribution in [3.8, 4) is 0 Å². The van der Waals surface area contributed by atoms with Crippen LogP contribution in [0.4, 0.5) is 0 Å². The van der Waals surface area contributed by atoms with Gasteiger partial charge in [-0.2, -0.15) is 0 Å². The number of carbonyl (C=O) groups is 1. The van der Waals surface area contributed by atoms with Crippen LogP contribution in [0, 0.1) is 5.41 Å². The zero-order valence-corrected chi connectivity index (χ0v) is 8.01. The van der Waals surface area contributed by atoms with E-state index in [1.165, 1.54) is 0 Å². The molecule has 0 aliphatic carbocycles. The number of carbonyl (C=O) groups excluding carboxylic acids is 1. The Morgan fingerprint density at radius 3 is 2.00 bits per heavy atom. The normalized spacial score (nSPS) is 12.1. The first-order valence-corrected chi connectivity index (χ1v) is 3.73. The summed E-state index contributed by atoms with van der Waals surface area (Å²) >= 11 is 0. The first-order chi connectivity index (χ1) is 4.83. The summed E-state index contributed by atoms with van der Waals surface area (Å²) in [5.41, 5.74) is 0.0890. The number of hydrogen-bond acceptors (Lipinski definition) is 1. The lowest BCUT2D eigenvalue weighted by Gasteiger charge is -2.12. The molecule has 0 aromatic carbocycles. The van der Waals surface area contributed by atoms with Gasteiger partial charge in [-0.25, -0.2) is 0 Å². The Morgan fingerprint density at radius 2 is 1.73 bits per heavy atom. The fourth-order valence-electron chi connectivity index (χ4n) is 0.470. The van der Waals surface area contributed by atoms with E-state index in [1.807, 2.05) is 6.08 Å². The third-order valence-electron chi connectivity index (χ3n) is 1.17. The van der Waals surface area contributed by atoms with Gasteiger partial charge in [-0.05, 0) is 11.5 Å². The highest BCUT2D eigenvalue weighted by Crippen LogP contribution is 2.14. The molecule has 11 heavy (non-hydrogen) atoms. The average molecular weight is 155 g/mol. The Labute approximate surface area is 68.9 Å². The number of nitrogens with zero attached hydrogens (tertiary/aromatic N) is 1. The smallest absolute Gasteiger partial charge is 0.245 e. The van der Waals surface area contributed by atoms with Gasteiger partial charge in [-0.15, -0.1) is 0 Å². The fourth-order valence-corrected chi connectivity index (χ4v) is 0.470. The summed E-state index contributed by atoms with van der Waals surface area (Å²) in [4.78, 5) is 12.6. The molecule has 0 aliphatic rings. The summed E-state index contributed by atoms with van der Waals surface area (Å²) < 4.78 is 0. The molecule has 0 unspecified atom stereocenters. The molecule has 0 aromatic heterocycles. The fraction of sp³-hybridized carbons (Fsp3) is 0.667. The summed E-state index contributed by atoms with van der Waals surface area (Å²) in [6.07, 6.45) is 3.52. The van der Waals surface area contributed by atoms with E-state index in [0.29, 0.717) is 0 Å². The molecule has 0 aliphatic heterocycles. The number of hydrogen-bond donors (Lipinski definition) is 0. The highest BCUT2D eigenvalue weighted by Gasteiger charge is 2.05. The van der Waals surface area contributed by atoms with Gasteiger partial charge in [0, 0.05) is 14.1 Å². The molecule has 1 amide bonds. The van der Waals surface area contributed by atoms with Gasteiger partial charge >= 0.3 is 0 Å². The van der Waals surface area contributed by atoms with E-state index < -0.39 is 0 Å². The van der Waals surface area contributed by atoms with Crippen LogP contribution in [0.15, 0.2) is 12.2 Å². The lowest BCUT2D eigenvalue weighted by molar-refractivity contribution is -0.123. The second kappa shape index (κ2) is 3.56. The Hall–Kier alpha value is -0.790. The number of rotatable bonds is 1. The molecule has 0 bridgehead atoms. The number of allylic oxidation sites excluding steroid dienone is 1. The van der Waals surface area contributed by atoms with Crippen molar-refractivity contribution in [2.24, 2.45) is 5.41 Å². The first-order valence-electron chi connectivity index (χ1n) is 3.73. The van der Waals surface area contributed by atoms with Gasteiger partial charge in [0.1, 0.15) is 0 Å². The maximum absolute atomic E-state index is 11.0. The quantitative estimate of drug-likeness (QED) is 0.527. The maximum atomic E-state index is 11.0. The van der Waals surface area contributed by atoms with E-state index >= 15 is 0 Å². The highest BCUT2D eigenvalue weighted by atomic mass is 16.2. The zero-order valence-electron chi connectivity index (χ0n) is 8.01. The molecular weight excluding hydrogens is 138 g/mol. The van der Waals surface area contributed by atoms with E-state index in [2.05, 4.69) is 20.8 Å². The van der Waals surface area contributed by atoms with E-state index in [4.69, 9.17) is 0 Å². The minimum absolute atomic E-state index is 0.0416. The molecule has 0 fully saturated rings. The van der Waals surface area contributed by atoms with E-state index in [-0.39, 0.29) is 11.3 Å². The Bertz CT molecular complexity index is 163. The second-order valence-corrected chi connectivity index (χ2v) is 3.93. The summed E-state index contributed by atoms with van der Waals surface area (Å²) in [6.45, 7) is 6.19. The standard InChI is InChI=1S/C9H17NO/c1-9(2,3)7-6-8(11)10(4)5/h6-7H,1-5H3/b7-6+. The molecular formula is C9H17NO. The monoisotopic (exact) mass is 155 g/mol. The van der Waals surface area contributed by atoms with Crippen LogP contribution in [0.5, 0.6) is 0 Å². The highest BCUT2D eigenvalue weighted by molar-refractivity contribution is 5.87. The van der Waals surface area contributed by atoms with E-state index in [1.54, 1.807) is 25.1 Å². The Kier molecular flexibility index (Phi) is 3.30. The summed E-state index contributed by atoms with van der Waals surface area (Å²) in [5.74, 6) is 0.0416. The van der Waals surface area contributed by atoms with Crippen LogP contribution in [-0.4, -0.2) is 24.9 Å². The third kappa shape index (κ3) is 5.64. The topological polar surface area (TPSA) is 20.3 Å². The van der Waals surface area contributed by atoms with Crippen molar-refractivity contribution in [3.63, 3.8) is 0 Å². The molecule has 0 atom stereocenters. The molecule has 2 nitrogen and oxygen atoms in total. The van der Waals surface area contributed by atoms with Crippen LogP contribution in [-0.2, 0) is 4.79 Å². The van der Waals surface area contributed by atoms with Crippen molar-refractivity contribution < 1.29 is 4.79 Å². The minimum atomic E-state index is 0.0416. The lowest BCUT2D eigenvalue weighted by atomic mass is 9.96. The van der Waals surface area contributed by atoms with Crippen LogP contribution in [0.2, 0.25) is 0 Å². The first kappa shape index (κ1) is 10.2. The Morgan fingerprint density at radius 1 is 1.27 bits per heavy atom. The predicted molar refractivity (Wildman–Crippen MR) is 47.3 cm³/mol. The van der Waals surface area contributed by atoms with Crippen molar-refractivity contribution in [1.29, 1.82) is 0 Å². The third-order valence-corrected chi connectivity index (χ3v) is 1.17. The second-order valence-electron chi connectivity index (χ2n) is 3.93. The van der Waals surface area contributed by atoms with Gasteiger partial charge in [0.25, 0.3) is 0 Å². The molecule has 0 saturated carbocycles. The van der Waals surface area contributed by atoms with Gasteiger partial charge in [0.05, 0.1) is 0 Å². The van der Waals surface area contributed by atoms with Crippen molar-refractivity contribution >= 4 is 5.91 Å². The van der Waals surface area contributed by atoms with E-state index in [0.717, 1.165) is 0 Å². The predicted octanol–water partition coefficient (Wildman–Crippen LogP) is 1.68. The van der Waals surface area contributed by atoms with Crippen LogP contribution < -0.4 is 0 Å². The van der Waals surface area contributed by atoms with Crippen molar-refractivity contribution in [2.45, 2.75) is 20.8 Å². The molecule has 0 rings (SSSR count). The zero-order chi connectivity index (χ0) is 9.07. The SMILES string of the molecule is CN(C)C(=O)/C=C/C(C)(C)C. The molecule has 0 saturated heterocycles. The molecule has 0 spiro atoms. The van der Waals surface area contributed by atoms with Crippen LogP contribution in [0.1, 0.15) is 20.8 Å².